The molecule has 0 bridgehead atoms. The van der Waals surface area contributed by atoms with E-state index < -0.39 is 4.92 Å². The summed E-state index contributed by atoms with van der Waals surface area (Å²) in [5, 5.41) is 10.8. The summed E-state index contributed by atoms with van der Waals surface area (Å²) in [7, 11) is 2.70. The van der Waals surface area contributed by atoms with E-state index >= 15 is 0 Å². The van der Waals surface area contributed by atoms with Gasteiger partial charge in [0, 0.05) is 11.6 Å². The predicted molar refractivity (Wildman–Crippen MR) is 62.1 cm³/mol. The number of methoxy groups -OCH3 is 2. The Balaban J connectivity index is 3.49. The van der Waals surface area contributed by atoms with E-state index in [1.54, 1.807) is 0 Å². The van der Waals surface area contributed by atoms with Crippen LogP contribution < -0.4 is 15.2 Å². The van der Waals surface area contributed by atoms with Gasteiger partial charge in [0.2, 0.25) is 5.75 Å². The Morgan fingerprint density at radius 2 is 2.06 bits per heavy atom. The van der Waals surface area contributed by atoms with Crippen molar-refractivity contribution in [2.45, 2.75) is 0 Å². The van der Waals surface area contributed by atoms with Gasteiger partial charge in [-0.25, -0.2) is 0 Å². The zero-order valence-corrected chi connectivity index (χ0v) is 9.54. The van der Waals surface area contributed by atoms with Crippen molar-refractivity contribution < 1.29 is 14.4 Å². The number of rotatable bonds is 4. The van der Waals surface area contributed by atoms with Crippen LogP contribution in [-0.4, -0.2) is 24.1 Å². The highest BCUT2D eigenvalue weighted by molar-refractivity contribution is 7.80. The molecule has 7 heteroatoms. The minimum Gasteiger partial charge on any atom is -0.493 e. The van der Waals surface area contributed by atoms with Gasteiger partial charge in [0.25, 0.3) is 0 Å². The molecule has 86 valence electrons. The first-order valence-corrected chi connectivity index (χ1v) is 4.62. The number of thiocarbonyl (C=S) groups is 1. The van der Waals surface area contributed by atoms with Crippen LogP contribution in [0.5, 0.6) is 11.5 Å². The molecule has 0 aliphatic heterocycles. The van der Waals surface area contributed by atoms with Crippen LogP contribution in [-0.2, 0) is 0 Å². The predicted octanol–water partition coefficient (Wildman–Crippen LogP) is 1.25. The highest BCUT2D eigenvalue weighted by Crippen LogP contribution is 2.37. The van der Waals surface area contributed by atoms with Crippen molar-refractivity contribution in [3.8, 4) is 11.5 Å². The van der Waals surface area contributed by atoms with Crippen molar-refractivity contribution in [1.82, 2.24) is 0 Å². The average Bonchev–Trinajstić information content (AvgIpc) is 2.26. The zero-order chi connectivity index (χ0) is 12.3. The first-order chi connectivity index (χ1) is 7.51. The highest BCUT2D eigenvalue weighted by atomic mass is 32.1. The molecule has 16 heavy (non-hydrogen) atoms. The molecule has 0 saturated heterocycles. The largest absolute Gasteiger partial charge is 0.493 e. The lowest BCUT2D eigenvalue weighted by atomic mass is 10.1. The summed E-state index contributed by atoms with van der Waals surface area (Å²) < 4.78 is 9.89. The van der Waals surface area contributed by atoms with Gasteiger partial charge in [-0.2, -0.15) is 0 Å². The van der Waals surface area contributed by atoms with Gasteiger partial charge in [0.1, 0.15) is 4.99 Å². The number of nitrogens with two attached hydrogens (primary N) is 1. The van der Waals surface area contributed by atoms with E-state index in [1.165, 1.54) is 26.4 Å². The summed E-state index contributed by atoms with van der Waals surface area (Å²) >= 11 is 4.75. The fraction of sp³-hybridized carbons (Fsp3) is 0.222. The van der Waals surface area contributed by atoms with Gasteiger partial charge in [-0.3, -0.25) is 10.1 Å². The molecule has 1 aromatic rings. The van der Waals surface area contributed by atoms with Gasteiger partial charge in [0.15, 0.2) is 5.75 Å². The Bertz CT molecular complexity index is 447. The normalized spacial score (nSPS) is 9.62. The molecule has 2 N–H and O–H groups in total. The van der Waals surface area contributed by atoms with Crippen LogP contribution in [0.25, 0.3) is 0 Å². The summed E-state index contributed by atoms with van der Waals surface area (Å²) in [6, 6.07) is 2.75. The third kappa shape index (κ3) is 2.19. The van der Waals surface area contributed by atoms with E-state index in [-0.39, 0.29) is 22.2 Å². The maximum atomic E-state index is 10.8. The average molecular weight is 242 g/mol. The van der Waals surface area contributed by atoms with Crippen molar-refractivity contribution in [3.63, 3.8) is 0 Å². The standard InChI is InChI=1S/C9H10N2O4S/c1-14-7-4-5(9(10)16)3-6(11(12)13)8(7)15-2/h3-4H,1-2H3,(H2,10,16). The molecular weight excluding hydrogens is 232 g/mol. The lowest BCUT2D eigenvalue weighted by Gasteiger charge is -2.09. The van der Waals surface area contributed by atoms with E-state index in [2.05, 4.69) is 0 Å². The molecule has 0 fully saturated rings. The van der Waals surface area contributed by atoms with E-state index in [0.29, 0.717) is 5.56 Å². The van der Waals surface area contributed by atoms with Crippen molar-refractivity contribution in [3.05, 3.63) is 27.8 Å². The third-order valence-corrected chi connectivity index (χ3v) is 2.18. The molecule has 6 nitrogen and oxygen atoms in total. The number of ether oxygens (including phenoxy) is 2. The number of benzene rings is 1. The molecule has 0 radical (unpaired) electrons. The second kappa shape index (κ2) is 4.75. The lowest BCUT2D eigenvalue weighted by molar-refractivity contribution is -0.385. The van der Waals surface area contributed by atoms with Gasteiger partial charge in [-0.1, -0.05) is 12.2 Å². The molecule has 0 spiro atoms. The van der Waals surface area contributed by atoms with Crippen molar-refractivity contribution in [1.29, 1.82) is 0 Å². The zero-order valence-electron chi connectivity index (χ0n) is 8.72. The minimum absolute atomic E-state index is 0.0486. The van der Waals surface area contributed by atoms with Gasteiger partial charge in [-0.15, -0.1) is 0 Å². The molecule has 0 atom stereocenters. The monoisotopic (exact) mass is 242 g/mol. The Hall–Kier alpha value is -1.89. The highest BCUT2D eigenvalue weighted by Gasteiger charge is 2.21. The van der Waals surface area contributed by atoms with Gasteiger partial charge >= 0.3 is 5.69 Å². The molecular formula is C9H10N2O4S. The van der Waals surface area contributed by atoms with Crippen LogP contribution in [0.4, 0.5) is 5.69 Å². The van der Waals surface area contributed by atoms with E-state index in [4.69, 9.17) is 27.4 Å². The van der Waals surface area contributed by atoms with Crippen LogP contribution in [0, 0.1) is 10.1 Å². The smallest absolute Gasteiger partial charge is 0.315 e. The fourth-order valence-corrected chi connectivity index (χ4v) is 1.34. The Morgan fingerprint density at radius 1 is 1.44 bits per heavy atom. The molecule has 1 aromatic carbocycles. The minimum atomic E-state index is -0.580. The van der Waals surface area contributed by atoms with Crippen LogP contribution in [0.2, 0.25) is 0 Å². The number of nitrogens with zero attached hydrogens (tertiary/aromatic N) is 1. The summed E-state index contributed by atoms with van der Waals surface area (Å²) in [6.45, 7) is 0. The maximum Gasteiger partial charge on any atom is 0.315 e. The van der Waals surface area contributed by atoms with Crippen molar-refractivity contribution in [2.75, 3.05) is 14.2 Å². The SMILES string of the molecule is COc1cc(C(N)=S)cc([N+](=O)[O-])c1OC. The maximum absolute atomic E-state index is 10.8. The quantitative estimate of drug-likeness (QED) is 0.485. The summed E-state index contributed by atoms with van der Waals surface area (Å²) in [5.41, 5.74) is 5.54. The first-order valence-electron chi connectivity index (χ1n) is 4.21. The topological polar surface area (TPSA) is 87.6 Å². The molecule has 0 aliphatic rings. The Kier molecular flexibility index (Phi) is 3.62. The van der Waals surface area contributed by atoms with Crippen molar-refractivity contribution >= 4 is 22.9 Å². The molecule has 0 aliphatic carbocycles. The number of nitro groups is 1. The van der Waals surface area contributed by atoms with Crippen LogP contribution in [0.3, 0.4) is 0 Å². The molecule has 0 amide bonds. The van der Waals surface area contributed by atoms with E-state index in [9.17, 15) is 10.1 Å². The Morgan fingerprint density at radius 3 is 2.44 bits per heavy atom. The van der Waals surface area contributed by atoms with Crippen LogP contribution >= 0.6 is 12.2 Å². The third-order valence-electron chi connectivity index (χ3n) is 1.94. The van der Waals surface area contributed by atoms with Crippen LogP contribution in [0.1, 0.15) is 5.56 Å². The molecule has 0 heterocycles. The number of hydrogen-bond donors (Lipinski definition) is 1. The van der Waals surface area contributed by atoms with Gasteiger partial charge in [0.05, 0.1) is 19.1 Å². The van der Waals surface area contributed by atoms with Crippen molar-refractivity contribution in [2.24, 2.45) is 5.73 Å². The second-order valence-electron chi connectivity index (χ2n) is 2.85. The lowest BCUT2D eigenvalue weighted by Crippen LogP contribution is -2.10. The molecule has 1 rings (SSSR count). The Labute approximate surface area is 97.1 Å². The molecule has 0 unspecified atom stereocenters. The van der Waals surface area contributed by atoms with Crippen LogP contribution in [0.15, 0.2) is 12.1 Å². The van der Waals surface area contributed by atoms with E-state index in [0.717, 1.165) is 0 Å². The number of nitro benzene ring substituents is 1. The summed E-state index contributed by atoms with van der Waals surface area (Å²) in [4.78, 5) is 10.3. The number of hydrogen-bond acceptors (Lipinski definition) is 5. The van der Waals surface area contributed by atoms with Gasteiger partial charge in [-0.05, 0) is 6.07 Å². The fourth-order valence-electron chi connectivity index (χ4n) is 1.22. The molecule has 0 aromatic heterocycles. The summed E-state index contributed by atoms with van der Waals surface area (Å²) in [5.74, 6) is 0.270. The second-order valence-corrected chi connectivity index (χ2v) is 3.29. The first kappa shape index (κ1) is 12.2. The summed E-state index contributed by atoms with van der Waals surface area (Å²) in [6.07, 6.45) is 0. The molecule has 0 saturated carbocycles. The van der Waals surface area contributed by atoms with E-state index in [1.807, 2.05) is 0 Å². The van der Waals surface area contributed by atoms with Gasteiger partial charge < -0.3 is 15.2 Å².